The molecule has 0 bridgehead atoms. The summed E-state index contributed by atoms with van der Waals surface area (Å²) in [5.74, 6) is -0.673. The Morgan fingerprint density at radius 3 is 1.45 bits per heavy atom. The summed E-state index contributed by atoms with van der Waals surface area (Å²) in [7, 11) is 0. The van der Waals surface area contributed by atoms with E-state index in [0.717, 1.165) is 38.5 Å². The van der Waals surface area contributed by atoms with Gasteiger partial charge in [0.25, 0.3) is 0 Å². The van der Waals surface area contributed by atoms with Gasteiger partial charge in [-0.1, -0.05) is 99.3 Å². The van der Waals surface area contributed by atoms with Gasteiger partial charge in [0, 0.05) is 11.1 Å². The predicted octanol–water partition coefficient (Wildman–Crippen LogP) is 7.94. The quantitative estimate of drug-likeness (QED) is 0.124. The van der Waals surface area contributed by atoms with E-state index in [9.17, 15) is 9.59 Å². The molecule has 0 unspecified atom stereocenters. The molecule has 4 nitrogen and oxygen atoms in total. The first-order valence-corrected chi connectivity index (χ1v) is 12.8. The summed E-state index contributed by atoms with van der Waals surface area (Å²) in [6.45, 7) is 13.4. The Bertz CT molecular complexity index is 514. The first kappa shape index (κ1) is 29.7. The minimum Gasteiger partial charge on any atom is -0.462 e. The summed E-state index contributed by atoms with van der Waals surface area (Å²) in [4.78, 5) is 25.8. The molecule has 0 aromatic carbocycles. The van der Waals surface area contributed by atoms with Crippen molar-refractivity contribution in [3.05, 3.63) is 11.1 Å². The number of unbranched alkanes of at least 4 members (excludes halogenated alkanes) is 9. The SMILES string of the molecule is CCCCCCCCCCC(C(=O)OCCCC)=C(CC(C)(C)C)C(=O)OCCCC. The molecule has 0 atom stereocenters. The number of esters is 2. The third-order valence-electron chi connectivity index (χ3n) is 5.31. The van der Waals surface area contributed by atoms with Crippen LogP contribution in [-0.4, -0.2) is 25.2 Å². The maximum absolute atomic E-state index is 12.9. The van der Waals surface area contributed by atoms with E-state index in [1.165, 1.54) is 38.5 Å². The molecule has 0 aromatic rings. The molecule has 31 heavy (non-hydrogen) atoms. The average Bonchev–Trinajstić information content (AvgIpc) is 2.71. The Morgan fingerprint density at radius 2 is 1.00 bits per heavy atom. The summed E-state index contributed by atoms with van der Waals surface area (Å²) in [6.07, 6.45) is 14.3. The lowest BCUT2D eigenvalue weighted by Gasteiger charge is -2.22. The standard InChI is InChI=1S/C27H50O4/c1-7-10-13-14-15-16-17-18-19-23(25(28)30-20-11-8-2)24(22-27(4,5)6)26(29)31-21-12-9-3/h7-22H2,1-6H3. The van der Waals surface area contributed by atoms with Gasteiger partial charge in [0.2, 0.25) is 0 Å². The Balaban J connectivity index is 5.27. The molecule has 0 fully saturated rings. The largest absolute Gasteiger partial charge is 0.462 e. The van der Waals surface area contributed by atoms with Gasteiger partial charge in [0.05, 0.1) is 13.2 Å². The van der Waals surface area contributed by atoms with Gasteiger partial charge in [-0.15, -0.1) is 0 Å². The van der Waals surface area contributed by atoms with Gasteiger partial charge in [-0.05, 0) is 37.5 Å². The monoisotopic (exact) mass is 438 g/mol. The van der Waals surface area contributed by atoms with Crippen LogP contribution < -0.4 is 0 Å². The highest BCUT2D eigenvalue weighted by Crippen LogP contribution is 2.29. The van der Waals surface area contributed by atoms with E-state index in [0.29, 0.717) is 37.2 Å². The lowest BCUT2D eigenvalue weighted by Crippen LogP contribution is -2.21. The zero-order chi connectivity index (χ0) is 23.5. The maximum Gasteiger partial charge on any atom is 0.334 e. The lowest BCUT2D eigenvalue weighted by molar-refractivity contribution is -0.143. The van der Waals surface area contributed by atoms with Crippen molar-refractivity contribution in [3.8, 4) is 0 Å². The van der Waals surface area contributed by atoms with E-state index in [1.807, 2.05) is 0 Å². The molecule has 0 aromatic heterocycles. The molecule has 0 saturated heterocycles. The molecular formula is C27H50O4. The van der Waals surface area contributed by atoms with Gasteiger partial charge in [0.15, 0.2) is 0 Å². The van der Waals surface area contributed by atoms with E-state index < -0.39 is 0 Å². The van der Waals surface area contributed by atoms with Crippen LogP contribution in [0, 0.1) is 5.41 Å². The van der Waals surface area contributed by atoms with Crippen molar-refractivity contribution in [2.45, 2.75) is 131 Å². The second-order valence-electron chi connectivity index (χ2n) is 9.90. The summed E-state index contributed by atoms with van der Waals surface area (Å²) >= 11 is 0. The molecule has 182 valence electrons. The molecule has 0 N–H and O–H groups in total. The zero-order valence-electron chi connectivity index (χ0n) is 21.4. The Hall–Kier alpha value is -1.32. The molecule has 0 aliphatic rings. The van der Waals surface area contributed by atoms with Crippen LogP contribution in [0.2, 0.25) is 0 Å². The van der Waals surface area contributed by atoms with E-state index in [1.54, 1.807) is 0 Å². The van der Waals surface area contributed by atoms with Crippen LogP contribution in [0.15, 0.2) is 11.1 Å². The predicted molar refractivity (Wildman–Crippen MR) is 130 cm³/mol. The van der Waals surface area contributed by atoms with Gasteiger partial charge in [-0.2, -0.15) is 0 Å². The molecule has 0 amide bonds. The van der Waals surface area contributed by atoms with Crippen molar-refractivity contribution < 1.29 is 19.1 Å². The number of ether oxygens (including phenoxy) is 2. The van der Waals surface area contributed by atoms with Crippen molar-refractivity contribution in [1.29, 1.82) is 0 Å². The molecule has 0 radical (unpaired) electrons. The van der Waals surface area contributed by atoms with Crippen LogP contribution in [0.5, 0.6) is 0 Å². The van der Waals surface area contributed by atoms with Crippen LogP contribution in [0.4, 0.5) is 0 Å². The van der Waals surface area contributed by atoms with Crippen molar-refractivity contribution in [1.82, 2.24) is 0 Å². The lowest BCUT2D eigenvalue weighted by atomic mass is 9.85. The third-order valence-corrected chi connectivity index (χ3v) is 5.31. The summed E-state index contributed by atoms with van der Waals surface area (Å²) < 4.78 is 11.1. The number of carbonyl (C=O) groups is 2. The first-order chi connectivity index (χ1) is 14.8. The fraction of sp³-hybridized carbons (Fsp3) is 0.852. The Morgan fingerprint density at radius 1 is 0.581 bits per heavy atom. The van der Waals surface area contributed by atoms with Crippen molar-refractivity contribution in [2.75, 3.05) is 13.2 Å². The fourth-order valence-corrected chi connectivity index (χ4v) is 3.44. The molecule has 0 aliphatic carbocycles. The van der Waals surface area contributed by atoms with E-state index in [2.05, 4.69) is 41.5 Å². The molecule has 0 aliphatic heterocycles. The highest BCUT2D eigenvalue weighted by molar-refractivity contribution is 6.00. The summed E-state index contributed by atoms with van der Waals surface area (Å²) in [5, 5.41) is 0. The van der Waals surface area contributed by atoms with Crippen molar-refractivity contribution in [2.24, 2.45) is 5.41 Å². The molecule has 0 rings (SSSR count). The van der Waals surface area contributed by atoms with E-state index >= 15 is 0 Å². The Labute approximate surface area is 192 Å². The first-order valence-electron chi connectivity index (χ1n) is 12.8. The van der Waals surface area contributed by atoms with Crippen LogP contribution in [0.1, 0.15) is 131 Å². The van der Waals surface area contributed by atoms with Crippen molar-refractivity contribution >= 4 is 11.9 Å². The number of carbonyl (C=O) groups excluding carboxylic acids is 2. The third kappa shape index (κ3) is 16.0. The second kappa shape index (κ2) is 18.3. The van der Waals surface area contributed by atoms with Crippen molar-refractivity contribution in [3.63, 3.8) is 0 Å². The minimum absolute atomic E-state index is 0.118. The normalized spacial score (nSPS) is 12.5. The van der Waals surface area contributed by atoms with Crippen LogP contribution in [-0.2, 0) is 19.1 Å². The number of rotatable bonds is 18. The van der Waals surface area contributed by atoms with E-state index in [-0.39, 0.29) is 17.4 Å². The summed E-state index contributed by atoms with van der Waals surface area (Å²) in [6, 6.07) is 0. The molecule has 0 spiro atoms. The van der Waals surface area contributed by atoms with Crippen LogP contribution in [0.3, 0.4) is 0 Å². The van der Waals surface area contributed by atoms with Gasteiger partial charge < -0.3 is 9.47 Å². The van der Waals surface area contributed by atoms with Gasteiger partial charge >= 0.3 is 11.9 Å². The van der Waals surface area contributed by atoms with E-state index in [4.69, 9.17) is 9.47 Å². The second-order valence-corrected chi connectivity index (χ2v) is 9.90. The molecule has 0 heterocycles. The minimum atomic E-state index is -0.342. The number of hydrogen-bond acceptors (Lipinski definition) is 4. The molecule has 4 heteroatoms. The van der Waals surface area contributed by atoms with Crippen LogP contribution >= 0.6 is 0 Å². The van der Waals surface area contributed by atoms with Gasteiger partial charge in [0.1, 0.15) is 0 Å². The van der Waals surface area contributed by atoms with Gasteiger partial charge in [-0.3, -0.25) is 0 Å². The van der Waals surface area contributed by atoms with Crippen LogP contribution in [0.25, 0.3) is 0 Å². The Kier molecular flexibility index (Phi) is 17.5. The molecule has 0 saturated carbocycles. The summed E-state index contributed by atoms with van der Waals surface area (Å²) in [5.41, 5.74) is 0.944. The smallest absolute Gasteiger partial charge is 0.334 e. The maximum atomic E-state index is 12.9. The fourth-order valence-electron chi connectivity index (χ4n) is 3.44. The number of hydrogen-bond donors (Lipinski definition) is 0. The van der Waals surface area contributed by atoms with Gasteiger partial charge in [-0.25, -0.2) is 9.59 Å². The zero-order valence-corrected chi connectivity index (χ0v) is 21.4. The average molecular weight is 439 g/mol. The topological polar surface area (TPSA) is 52.6 Å². The molecular weight excluding hydrogens is 388 g/mol. The highest BCUT2D eigenvalue weighted by Gasteiger charge is 2.27. The highest BCUT2D eigenvalue weighted by atomic mass is 16.5.